The summed E-state index contributed by atoms with van der Waals surface area (Å²) in [6.45, 7) is 0. The van der Waals surface area contributed by atoms with E-state index in [-0.39, 0.29) is 10.3 Å². The Hall–Kier alpha value is -2.38. The van der Waals surface area contributed by atoms with Crippen LogP contribution in [0, 0.1) is 0 Å². The predicted octanol–water partition coefficient (Wildman–Crippen LogP) is 2.88. The van der Waals surface area contributed by atoms with Gasteiger partial charge >= 0.3 is 0 Å². The summed E-state index contributed by atoms with van der Waals surface area (Å²) in [5.41, 5.74) is 0.852. The third kappa shape index (κ3) is 4.54. The van der Waals surface area contributed by atoms with Crippen molar-refractivity contribution in [2.24, 2.45) is 0 Å². The number of hydrogen-bond donors (Lipinski definition) is 2. The Labute approximate surface area is 143 Å². The molecule has 23 heavy (non-hydrogen) atoms. The number of thiocarbonyl (C=S) groups is 1. The van der Waals surface area contributed by atoms with Crippen LogP contribution in [0.25, 0.3) is 0 Å². The van der Waals surface area contributed by atoms with Gasteiger partial charge in [0.05, 0.1) is 19.9 Å². The number of aromatic nitrogens is 1. The van der Waals surface area contributed by atoms with Gasteiger partial charge < -0.3 is 14.8 Å². The summed E-state index contributed by atoms with van der Waals surface area (Å²) >= 11 is 11.0. The van der Waals surface area contributed by atoms with Crippen molar-refractivity contribution in [3.8, 4) is 11.5 Å². The molecule has 1 aromatic heterocycles. The smallest absolute Gasteiger partial charge is 0.257 e. The fourth-order valence-corrected chi connectivity index (χ4v) is 2.12. The Bertz CT molecular complexity index is 717. The zero-order chi connectivity index (χ0) is 16.8. The average Bonchev–Trinajstić information content (AvgIpc) is 2.56. The van der Waals surface area contributed by atoms with E-state index in [1.54, 1.807) is 36.5 Å². The number of carbonyl (C=O) groups excluding carboxylic acids is 1. The van der Waals surface area contributed by atoms with E-state index >= 15 is 0 Å². The number of carbonyl (C=O) groups is 1. The van der Waals surface area contributed by atoms with Crippen molar-refractivity contribution in [2.75, 3.05) is 19.5 Å². The van der Waals surface area contributed by atoms with Crippen LogP contribution in [0.3, 0.4) is 0 Å². The maximum absolute atomic E-state index is 12.3. The fraction of sp³-hybridized carbons (Fsp3) is 0.133. The lowest BCUT2D eigenvalue weighted by atomic mass is 10.2. The molecule has 0 saturated heterocycles. The van der Waals surface area contributed by atoms with Crippen LogP contribution in [0.1, 0.15) is 10.4 Å². The second-order valence-electron chi connectivity index (χ2n) is 4.35. The summed E-state index contributed by atoms with van der Waals surface area (Å²) in [7, 11) is 3.01. The molecule has 6 nitrogen and oxygen atoms in total. The number of hydrogen-bond acceptors (Lipinski definition) is 5. The van der Waals surface area contributed by atoms with Crippen LogP contribution in [0.5, 0.6) is 11.5 Å². The highest BCUT2D eigenvalue weighted by molar-refractivity contribution is 7.80. The maximum Gasteiger partial charge on any atom is 0.257 e. The number of ether oxygens (including phenoxy) is 2. The van der Waals surface area contributed by atoms with Crippen LogP contribution in [-0.4, -0.2) is 30.2 Å². The minimum Gasteiger partial charge on any atom is -0.497 e. The molecule has 0 aliphatic heterocycles. The highest BCUT2D eigenvalue weighted by Gasteiger charge is 2.12. The van der Waals surface area contributed by atoms with E-state index in [1.165, 1.54) is 14.2 Å². The van der Waals surface area contributed by atoms with Gasteiger partial charge in [0, 0.05) is 17.8 Å². The molecule has 0 fully saturated rings. The van der Waals surface area contributed by atoms with Crippen molar-refractivity contribution >= 4 is 40.5 Å². The Balaban J connectivity index is 2.09. The average molecular weight is 352 g/mol. The van der Waals surface area contributed by atoms with Crippen molar-refractivity contribution in [1.29, 1.82) is 0 Å². The van der Waals surface area contributed by atoms with Gasteiger partial charge in [-0.1, -0.05) is 11.6 Å². The van der Waals surface area contributed by atoms with Crippen molar-refractivity contribution in [3.05, 3.63) is 47.2 Å². The zero-order valence-corrected chi connectivity index (χ0v) is 14.0. The van der Waals surface area contributed by atoms with Crippen molar-refractivity contribution in [3.63, 3.8) is 0 Å². The number of amides is 1. The van der Waals surface area contributed by atoms with Gasteiger partial charge in [-0.2, -0.15) is 0 Å². The molecule has 2 N–H and O–H groups in total. The number of nitrogens with one attached hydrogen (secondary N) is 2. The second-order valence-corrected chi connectivity index (χ2v) is 5.12. The quantitative estimate of drug-likeness (QED) is 0.652. The van der Waals surface area contributed by atoms with Gasteiger partial charge in [-0.25, -0.2) is 4.98 Å². The highest BCUT2D eigenvalue weighted by Crippen LogP contribution is 2.22. The molecule has 0 saturated carbocycles. The van der Waals surface area contributed by atoms with Crippen molar-refractivity contribution in [2.45, 2.75) is 0 Å². The second kappa shape index (κ2) is 7.75. The molecular weight excluding hydrogens is 338 g/mol. The lowest BCUT2D eigenvalue weighted by molar-refractivity contribution is 0.0977. The number of methoxy groups -OCH3 is 2. The van der Waals surface area contributed by atoms with Gasteiger partial charge in [0.1, 0.15) is 11.5 Å². The van der Waals surface area contributed by atoms with Crippen LogP contribution in [-0.2, 0) is 0 Å². The molecule has 1 amide bonds. The highest BCUT2D eigenvalue weighted by atomic mass is 35.5. The minimum atomic E-state index is -0.403. The number of anilines is 1. The van der Waals surface area contributed by atoms with Crippen LogP contribution < -0.4 is 20.1 Å². The lowest BCUT2D eigenvalue weighted by Crippen LogP contribution is -2.34. The molecule has 1 aromatic carbocycles. The van der Waals surface area contributed by atoms with E-state index in [1.807, 2.05) is 0 Å². The zero-order valence-electron chi connectivity index (χ0n) is 12.4. The summed E-state index contributed by atoms with van der Waals surface area (Å²) in [5, 5.41) is 5.73. The van der Waals surface area contributed by atoms with E-state index in [2.05, 4.69) is 15.6 Å². The third-order valence-electron chi connectivity index (χ3n) is 2.85. The molecule has 2 aromatic rings. The molecule has 0 bridgehead atoms. The fourth-order valence-electron chi connectivity index (χ4n) is 1.75. The van der Waals surface area contributed by atoms with Gasteiger partial charge in [-0.3, -0.25) is 10.1 Å². The SMILES string of the molecule is COc1cc(OC)cc(C(=O)NC(=S)Nc2cccnc2Cl)c1. The van der Waals surface area contributed by atoms with Crippen LogP contribution in [0.2, 0.25) is 5.15 Å². The monoisotopic (exact) mass is 351 g/mol. The molecule has 120 valence electrons. The molecule has 0 radical (unpaired) electrons. The summed E-state index contributed by atoms with van der Waals surface area (Å²) < 4.78 is 10.3. The number of halogens is 1. The van der Waals surface area contributed by atoms with Crippen molar-refractivity contribution < 1.29 is 14.3 Å². The maximum atomic E-state index is 12.3. The molecule has 0 unspecified atom stereocenters. The van der Waals surface area contributed by atoms with Gasteiger partial charge in [0.25, 0.3) is 5.91 Å². The molecule has 0 spiro atoms. The topological polar surface area (TPSA) is 72.5 Å². The van der Waals surface area contributed by atoms with Crippen LogP contribution in [0.15, 0.2) is 36.5 Å². The van der Waals surface area contributed by atoms with Crippen LogP contribution in [0.4, 0.5) is 5.69 Å². The minimum absolute atomic E-state index is 0.103. The Morgan fingerprint density at radius 2 is 1.87 bits per heavy atom. The van der Waals surface area contributed by atoms with E-state index in [0.717, 1.165) is 0 Å². The predicted molar refractivity (Wildman–Crippen MR) is 92.5 cm³/mol. The Kier molecular flexibility index (Phi) is 5.72. The first-order chi connectivity index (χ1) is 11.0. The molecule has 2 rings (SSSR count). The number of benzene rings is 1. The van der Waals surface area contributed by atoms with Crippen LogP contribution >= 0.6 is 23.8 Å². The first-order valence-corrected chi connectivity index (χ1v) is 7.28. The largest absolute Gasteiger partial charge is 0.497 e. The van der Waals surface area contributed by atoms with E-state index < -0.39 is 5.91 Å². The normalized spacial score (nSPS) is 9.87. The Morgan fingerprint density at radius 1 is 1.22 bits per heavy atom. The first kappa shape index (κ1) is 17.0. The van der Waals surface area contributed by atoms with Gasteiger partial charge in [-0.05, 0) is 36.5 Å². The van der Waals surface area contributed by atoms with Gasteiger partial charge in [-0.15, -0.1) is 0 Å². The third-order valence-corrected chi connectivity index (χ3v) is 3.35. The van der Waals surface area contributed by atoms with E-state index in [0.29, 0.717) is 22.7 Å². The summed E-state index contributed by atoms with van der Waals surface area (Å²) in [4.78, 5) is 16.2. The standard InChI is InChI=1S/C15H14ClN3O3S/c1-21-10-6-9(7-11(8-10)22-2)14(20)19-15(23)18-12-4-3-5-17-13(12)16/h3-8H,1-2H3,(H2,18,19,20,23). The molecule has 1 heterocycles. The molecule has 0 atom stereocenters. The lowest BCUT2D eigenvalue weighted by Gasteiger charge is -2.11. The van der Waals surface area contributed by atoms with Gasteiger partial charge in [0.15, 0.2) is 10.3 Å². The molecule has 8 heteroatoms. The van der Waals surface area contributed by atoms with Crippen molar-refractivity contribution in [1.82, 2.24) is 10.3 Å². The number of rotatable bonds is 4. The van der Waals surface area contributed by atoms with Gasteiger partial charge in [0.2, 0.25) is 0 Å². The Morgan fingerprint density at radius 3 is 2.43 bits per heavy atom. The van der Waals surface area contributed by atoms with E-state index in [9.17, 15) is 4.79 Å². The molecular formula is C15H14ClN3O3S. The molecule has 0 aliphatic carbocycles. The number of nitrogens with zero attached hydrogens (tertiary/aromatic N) is 1. The summed E-state index contributed by atoms with van der Waals surface area (Å²) in [6.07, 6.45) is 1.55. The van der Waals surface area contributed by atoms with E-state index in [4.69, 9.17) is 33.3 Å². The summed E-state index contributed by atoms with van der Waals surface area (Å²) in [5.74, 6) is 0.604. The summed E-state index contributed by atoms with van der Waals surface area (Å²) in [6, 6.07) is 8.23. The molecule has 0 aliphatic rings. The first-order valence-electron chi connectivity index (χ1n) is 6.49. The number of pyridine rings is 1.